The van der Waals surface area contributed by atoms with Gasteiger partial charge in [0.05, 0.1) is 10.3 Å². The van der Waals surface area contributed by atoms with Crippen LogP contribution < -0.4 is 5.32 Å². The summed E-state index contributed by atoms with van der Waals surface area (Å²) in [6, 6.07) is 0. The molecule has 7 nitrogen and oxygen atoms in total. The van der Waals surface area contributed by atoms with Crippen LogP contribution in [0.4, 0.5) is 0 Å². The first-order chi connectivity index (χ1) is 9.57. The fourth-order valence-corrected chi connectivity index (χ4v) is 8.08. The van der Waals surface area contributed by atoms with Gasteiger partial charge in [-0.1, -0.05) is 0 Å². The maximum Gasteiger partial charge on any atom is 0.520 e. The van der Waals surface area contributed by atoms with Gasteiger partial charge in [0.2, 0.25) is 0 Å². The molecule has 128 valence electrons. The third-order valence-electron chi connectivity index (χ3n) is 3.77. The van der Waals surface area contributed by atoms with Gasteiger partial charge in [-0.15, -0.1) is 0 Å². The minimum absolute atomic E-state index is 0.581. The van der Waals surface area contributed by atoms with Gasteiger partial charge in [0.25, 0.3) is 0 Å². The molecule has 0 saturated carbocycles. The van der Waals surface area contributed by atoms with Crippen molar-refractivity contribution in [2.24, 2.45) is 0 Å². The summed E-state index contributed by atoms with van der Waals surface area (Å²) in [6.07, 6.45) is 0. The van der Waals surface area contributed by atoms with Crippen LogP contribution in [0.2, 0.25) is 0 Å². The van der Waals surface area contributed by atoms with E-state index in [2.05, 4.69) is 5.32 Å². The normalized spacial score (nSPS) is 14.6. The molecule has 0 aromatic rings. The summed E-state index contributed by atoms with van der Waals surface area (Å²) in [5.41, 5.74) is 0. The quantitative estimate of drug-likeness (QED) is 0.594. The van der Waals surface area contributed by atoms with Crippen LogP contribution in [-0.2, 0) is 26.6 Å². The zero-order chi connectivity index (χ0) is 16.9. The number of rotatable bonds is 10. The molecule has 0 spiro atoms. The van der Waals surface area contributed by atoms with Crippen molar-refractivity contribution in [1.29, 1.82) is 0 Å². The third kappa shape index (κ3) is 3.74. The minimum Gasteiger partial charge on any atom is -0.376 e. The van der Waals surface area contributed by atoms with Crippen molar-refractivity contribution in [3.05, 3.63) is 0 Å². The van der Waals surface area contributed by atoms with Crippen LogP contribution in [0.3, 0.4) is 0 Å². The molecule has 0 aliphatic carbocycles. The Labute approximate surface area is 130 Å². The lowest BCUT2D eigenvalue weighted by molar-refractivity contribution is 0.0614. The van der Waals surface area contributed by atoms with Crippen LogP contribution in [0.1, 0.15) is 27.7 Å². The van der Waals surface area contributed by atoms with Gasteiger partial charge in [0, 0.05) is 42.7 Å². The monoisotopic (exact) mass is 341 g/mol. The van der Waals surface area contributed by atoms with Crippen LogP contribution in [0.5, 0.6) is 0 Å². The fourth-order valence-electron chi connectivity index (χ4n) is 2.97. The van der Waals surface area contributed by atoms with Crippen molar-refractivity contribution < 1.29 is 26.6 Å². The Hall–Kier alpha value is 0.154. The molecule has 0 amide bonds. The van der Waals surface area contributed by atoms with E-state index < -0.39 is 27.9 Å². The number of hydrogen-bond acceptors (Lipinski definition) is 7. The lowest BCUT2D eigenvalue weighted by Crippen LogP contribution is -2.77. The first-order valence-corrected chi connectivity index (χ1v) is 10.1. The van der Waals surface area contributed by atoms with E-state index in [0.717, 1.165) is 0 Å². The molecule has 0 atom stereocenters. The standard InChI is InChI=1S/C12H31NO6Si2/c1-11(2,20(14-5,15-6)16-7)13-12(3,4)21(17-8,18-9)19-10/h13H,1-10H3. The minimum atomic E-state index is -2.93. The Bertz CT molecular complexity index is 272. The molecule has 0 rings (SSSR count). The zero-order valence-corrected chi connectivity index (χ0v) is 16.9. The summed E-state index contributed by atoms with van der Waals surface area (Å²) in [4.78, 5) is 0. The number of nitrogens with one attached hydrogen (secondary N) is 1. The van der Waals surface area contributed by atoms with Crippen LogP contribution in [0, 0.1) is 0 Å². The van der Waals surface area contributed by atoms with Crippen LogP contribution in [0.15, 0.2) is 0 Å². The second-order valence-electron chi connectivity index (χ2n) is 5.71. The maximum atomic E-state index is 5.59. The Morgan fingerprint density at radius 1 is 0.524 bits per heavy atom. The van der Waals surface area contributed by atoms with Gasteiger partial charge in [-0.2, -0.15) is 0 Å². The van der Waals surface area contributed by atoms with Gasteiger partial charge in [-0.3, -0.25) is 5.32 Å². The summed E-state index contributed by atoms with van der Waals surface area (Å²) >= 11 is 0. The summed E-state index contributed by atoms with van der Waals surface area (Å²) in [5, 5.41) is 2.33. The average molecular weight is 342 g/mol. The van der Waals surface area contributed by atoms with Crippen molar-refractivity contribution in [3.63, 3.8) is 0 Å². The van der Waals surface area contributed by atoms with E-state index in [9.17, 15) is 0 Å². The summed E-state index contributed by atoms with van der Waals surface area (Å²) in [5.74, 6) is 0. The topological polar surface area (TPSA) is 67.4 Å². The van der Waals surface area contributed by atoms with Gasteiger partial charge < -0.3 is 26.6 Å². The molecule has 0 heterocycles. The molecule has 0 aliphatic rings. The van der Waals surface area contributed by atoms with Crippen molar-refractivity contribution in [2.45, 2.75) is 38.0 Å². The third-order valence-corrected chi connectivity index (χ3v) is 10.3. The van der Waals surface area contributed by atoms with E-state index in [1.807, 2.05) is 27.7 Å². The average Bonchev–Trinajstić information content (AvgIpc) is 2.42. The molecule has 0 radical (unpaired) electrons. The van der Waals surface area contributed by atoms with E-state index in [0.29, 0.717) is 0 Å². The van der Waals surface area contributed by atoms with E-state index in [1.165, 1.54) is 0 Å². The molecule has 0 fully saturated rings. The highest BCUT2D eigenvalue weighted by molar-refractivity contribution is 6.66. The largest absolute Gasteiger partial charge is 0.520 e. The Balaban J connectivity index is 5.59. The fraction of sp³-hybridized carbons (Fsp3) is 1.00. The first kappa shape index (κ1) is 21.2. The molecule has 9 heteroatoms. The van der Waals surface area contributed by atoms with E-state index in [-0.39, 0.29) is 0 Å². The highest BCUT2D eigenvalue weighted by atomic mass is 28.4. The Morgan fingerprint density at radius 3 is 0.857 bits per heavy atom. The molecule has 0 saturated heterocycles. The van der Waals surface area contributed by atoms with Crippen molar-refractivity contribution >= 4 is 17.6 Å². The van der Waals surface area contributed by atoms with E-state index in [1.54, 1.807) is 42.7 Å². The molecule has 0 unspecified atom stereocenters. The lowest BCUT2D eigenvalue weighted by atomic mass is 10.3. The second-order valence-corrected chi connectivity index (χ2v) is 12.9. The van der Waals surface area contributed by atoms with E-state index in [4.69, 9.17) is 26.6 Å². The molecule has 0 aromatic carbocycles. The smallest absolute Gasteiger partial charge is 0.376 e. The molecular formula is C12H31NO6Si2. The van der Waals surface area contributed by atoms with Crippen molar-refractivity contribution in [2.75, 3.05) is 42.7 Å². The summed E-state index contributed by atoms with van der Waals surface area (Å²) < 4.78 is 33.5. The van der Waals surface area contributed by atoms with Crippen LogP contribution in [0.25, 0.3) is 0 Å². The van der Waals surface area contributed by atoms with Gasteiger partial charge in [0.15, 0.2) is 0 Å². The lowest BCUT2D eigenvalue weighted by Gasteiger charge is -2.47. The van der Waals surface area contributed by atoms with Crippen molar-refractivity contribution in [3.8, 4) is 0 Å². The molecule has 0 aliphatic heterocycles. The molecule has 1 N–H and O–H groups in total. The maximum absolute atomic E-state index is 5.59. The predicted molar refractivity (Wildman–Crippen MR) is 84.9 cm³/mol. The molecular weight excluding hydrogens is 310 g/mol. The Kier molecular flexibility index (Phi) is 7.67. The molecule has 0 bridgehead atoms. The van der Waals surface area contributed by atoms with Gasteiger partial charge in [0.1, 0.15) is 0 Å². The van der Waals surface area contributed by atoms with Gasteiger partial charge >= 0.3 is 17.6 Å². The highest BCUT2D eigenvalue weighted by Crippen LogP contribution is 2.30. The summed E-state index contributed by atoms with van der Waals surface area (Å²) in [6.45, 7) is 7.88. The summed E-state index contributed by atoms with van der Waals surface area (Å²) in [7, 11) is 3.66. The van der Waals surface area contributed by atoms with E-state index >= 15 is 0 Å². The molecule has 0 aromatic heterocycles. The van der Waals surface area contributed by atoms with Crippen LogP contribution >= 0.6 is 0 Å². The SMILES string of the molecule is CO[Si](OC)(OC)C(C)(C)NC(C)(C)[Si](OC)(OC)OC. The Morgan fingerprint density at radius 2 is 0.714 bits per heavy atom. The van der Waals surface area contributed by atoms with Crippen molar-refractivity contribution in [1.82, 2.24) is 5.32 Å². The molecule has 21 heavy (non-hydrogen) atoms. The highest BCUT2D eigenvalue weighted by Gasteiger charge is 2.62. The van der Waals surface area contributed by atoms with Gasteiger partial charge in [-0.05, 0) is 27.7 Å². The predicted octanol–water partition coefficient (Wildman–Crippen LogP) is 0.968. The first-order valence-electron chi connectivity index (χ1n) is 6.67. The van der Waals surface area contributed by atoms with Gasteiger partial charge in [-0.25, -0.2) is 0 Å². The zero-order valence-electron chi connectivity index (χ0n) is 14.9. The van der Waals surface area contributed by atoms with Crippen LogP contribution in [-0.4, -0.2) is 70.6 Å². The second kappa shape index (κ2) is 7.62. The number of hydrogen-bond donors (Lipinski definition) is 1.